The Bertz CT molecular complexity index is 871. The summed E-state index contributed by atoms with van der Waals surface area (Å²) in [5.74, 6) is -2.40. The van der Waals surface area contributed by atoms with Crippen LogP contribution in [-0.2, 0) is 4.79 Å². The van der Waals surface area contributed by atoms with Crippen molar-refractivity contribution in [3.63, 3.8) is 0 Å². The minimum atomic E-state index is -0.737. The molecule has 0 aliphatic carbocycles. The molecule has 0 aliphatic rings. The Morgan fingerprint density at radius 3 is 2.50 bits per heavy atom. The number of hydrogen-bond donors (Lipinski definition) is 2. The molecule has 1 amide bonds. The Morgan fingerprint density at radius 1 is 1.21 bits per heavy atom. The highest BCUT2D eigenvalue weighted by Gasteiger charge is 2.26. The number of ketones is 1. The van der Waals surface area contributed by atoms with Crippen LogP contribution in [0.4, 0.5) is 8.78 Å². The van der Waals surface area contributed by atoms with Gasteiger partial charge in [-0.05, 0) is 31.5 Å². The van der Waals surface area contributed by atoms with Crippen molar-refractivity contribution in [2.45, 2.75) is 38.8 Å². The molecule has 2 rings (SSSR count). The van der Waals surface area contributed by atoms with Gasteiger partial charge in [0.1, 0.15) is 22.9 Å². The number of rotatable bonds is 9. The standard InChI is InChI=1S/C21H24F2N2O3/c1-4-16(25-12(2)10-18(24)26)15-8-9-17(28-3)19(20(15)23)21(27)13-6-5-7-14(22)11-13/h5-9,11-12,16,25H,4,10H2,1-3H3,(H2,24,26)/t12-,16-/m1/s1. The summed E-state index contributed by atoms with van der Waals surface area (Å²) in [4.78, 5) is 24.0. The van der Waals surface area contributed by atoms with Crippen LogP contribution in [0.15, 0.2) is 36.4 Å². The van der Waals surface area contributed by atoms with Gasteiger partial charge in [-0.2, -0.15) is 0 Å². The van der Waals surface area contributed by atoms with E-state index in [9.17, 15) is 14.0 Å². The average molecular weight is 390 g/mol. The lowest BCUT2D eigenvalue weighted by Crippen LogP contribution is -2.34. The van der Waals surface area contributed by atoms with E-state index in [1.54, 1.807) is 6.92 Å². The first kappa shape index (κ1) is 21.5. The fourth-order valence-electron chi connectivity index (χ4n) is 3.13. The number of ether oxygens (including phenoxy) is 1. The molecule has 7 heteroatoms. The monoisotopic (exact) mass is 390 g/mol. The third kappa shape index (κ3) is 4.92. The fraction of sp³-hybridized carbons (Fsp3) is 0.333. The van der Waals surface area contributed by atoms with E-state index < -0.39 is 29.4 Å². The maximum absolute atomic E-state index is 15.4. The van der Waals surface area contributed by atoms with Gasteiger partial charge in [0.15, 0.2) is 5.78 Å². The molecular weight excluding hydrogens is 366 g/mol. The summed E-state index contributed by atoms with van der Waals surface area (Å²) >= 11 is 0. The number of halogens is 2. The summed E-state index contributed by atoms with van der Waals surface area (Å²) in [5.41, 5.74) is 5.25. The number of amides is 1. The lowest BCUT2D eigenvalue weighted by Gasteiger charge is -2.23. The Kier molecular flexibility index (Phi) is 7.23. The van der Waals surface area contributed by atoms with E-state index in [1.165, 1.54) is 37.4 Å². The molecule has 28 heavy (non-hydrogen) atoms. The maximum atomic E-state index is 15.4. The molecule has 0 aliphatic heterocycles. The summed E-state index contributed by atoms with van der Waals surface area (Å²) in [5, 5.41) is 3.15. The topological polar surface area (TPSA) is 81.4 Å². The van der Waals surface area contributed by atoms with Crippen LogP contribution in [0.3, 0.4) is 0 Å². The van der Waals surface area contributed by atoms with Gasteiger partial charge in [0.05, 0.1) is 7.11 Å². The number of hydrogen-bond acceptors (Lipinski definition) is 4. The molecular formula is C21H24F2N2O3. The Labute approximate surface area is 162 Å². The maximum Gasteiger partial charge on any atom is 0.218 e. The van der Waals surface area contributed by atoms with Gasteiger partial charge in [-0.3, -0.25) is 9.59 Å². The van der Waals surface area contributed by atoms with Crippen LogP contribution in [0.2, 0.25) is 0 Å². The zero-order valence-corrected chi connectivity index (χ0v) is 16.1. The molecule has 0 spiro atoms. The minimum Gasteiger partial charge on any atom is -0.496 e. The predicted octanol–water partition coefficient (Wildman–Crippen LogP) is 3.51. The number of nitrogens with one attached hydrogen (secondary N) is 1. The van der Waals surface area contributed by atoms with E-state index >= 15 is 4.39 Å². The van der Waals surface area contributed by atoms with E-state index in [-0.39, 0.29) is 34.9 Å². The van der Waals surface area contributed by atoms with E-state index in [0.29, 0.717) is 6.42 Å². The highest BCUT2D eigenvalue weighted by atomic mass is 19.1. The van der Waals surface area contributed by atoms with Crippen LogP contribution < -0.4 is 15.8 Å². The Hall–Kier alpha value is -2.80. The lowest BCUT2D eigenvalue weighted by atomic mass is 9.95. The number of benzene rings is 2. The van der Waals surface area contributed by atoms with Crippen LogP contribution in [0, 0.1) is 11.6 Å². The zero-order valence-electron chi connectivity index (χ0n) is 16.1. The molecule has 0 unspecified atom stereocenters. The van der Waals surface area contributed by atoms with Crippen molar-refractivity contribution in [3.05, 3.63) is 64.7 Å². The van der Waals surface area contributed by atoms with Crippen LogP contribution in [-0.4, -0.2) is 24.8 Å². The summed E-state index contributed by atoms with van der Waals surface area (Å²) < 4.78 is 34.1. The molecule has 2 atom stereocenters. The van der Waals surface area contributed by atoms with E-state index in [1.807, 2.05) is 6.92 Å². The van der Waals surface area contributed by atoms with Gasteiger partial charge in [-0.15, -0.1) is 0 Å². The minimum absolute atomic E-state index is 0.0254. The molecule has 3 N–H and O–H groups in total. The molecule has 2 aromatic carbocycles. The molecule has 0 bridgehead atoms. The number of primary amides is 1. The third-order valence-corrected chi connectivity index (χ3v) is 4.44. The summed E-state index contributed by atoms with van der Waals surface area (Å²) in [6.07, 6.45) is 0.614. The van der Waals surface area contributed by atoms with Crippen molar-refractivity contribution in [1.29, 1.82) is 0 Å². The second-order valence-corrected chi connectivity index (χ2v) is 6.58. The molecule has 0 heterocycles. The van der Waals surface area contributed by atoms with Gasteiger partial charge in [-0.1, -0.05) is 25.1 Å². The number of carbonyl (C=O) groups is 2. The van der Waals surface area contributed by atoms with Crippen LogP contribution in [0.5, 0.6) is 5.75 Å². The summed E-state index contributed by atoms with van der Waals surface area (Å²) in [7, 11) is 1.33. The predicted molar refractivity (Wildman–Crippen MR) is 102 cm³/mol. The molecule has 150 valence electrons. The van der Waals surface area contributed by atoms with Gasteiger partial charge in [0, 0.05) is 29.6 Å². The van der Waals surface area contributed by atoms with Crippen molar-refractivity contribution < 1.29 is 23.1 Å². The van der Waals surface area contributed by atoms with Gasteiger partial charge < -0.3 is 15.8 Å². The fourth-order valence-corrected chi connectivity index (χ4v) is 3.13. The highest BCUT2D eigenvalue weighted by Crippen LogP contribution is 2.31. The smallest absolute Gasteiger partial charge is 0.218 e. The molecule has 0 aromatic heterocycles. The van der Waals surface area contributed by atoms with Crippen molar-refractivity contribution in [2.24, 2.45) is 5.73 Å². The number of carbonyl (C=O) groups excluding carboxylic acids is 2. The molecule has 5 nitrogen and oxygen atoms in total. The van der Waals surface area contributed by atoms with Crippen LogP contribution >= 0.6 is 0 Å². The highest BCUT2D eigenvalue weighted by molar-refractivity contribution is 6.11. The quantitative estimate of drug-likeness (QED) is 0.642. The second-order valence-electron chi connectivity index (χ2n) is 6.58. The largest absolute Gasteiger partial charge is 0.496 e. The van der Waals surface area contributed by atoms with Crippen molar-refractivity contribution in [1.82, 2.24) is 5.32 Å². The zero-order chi connectivity index (χ0) is 20.8. The first-order chi connectivity index (χ1) is 13.3. The first-order valence-electron chi connectivity index (χ1n) is 8.99. The van der Waals surface area contributed by atoms with Crippen molar-refractivity contribution in [2.75, 3.05) is 7.11 Å². The molecule has 0 saturated heterocycles. The van der Waals surface area contributed by atoms with Crippen molar-refractivity contribution >= 4 is 11.7 Å². The Morgan fingerprint density at radius 2 is 1.93 bits per heavy atom. The number of nitrogens with two attached hydrogens (primary N) is 1. The van der Waals surface area contributed by atoms with Gasteiger partial charge in [0.2, 0.25) is 5.91 Å². The van der Waals surface area contributed by atoms with Gasteiger partial charge in [0.25, 0.3) is 0 Å². The van der Waals surface area contributed by atoms with E-state index in [0.717, 1.165) is 6.07 Å². The van der Waals surface area contributed by atoms with Crippen LogP contribution in [0.25, 0.3) is 0 Å². The third-order valence-electron chi connectivity index (χ3n) is 4.44. The first-order valence-corrected chi connectivity index (χ1v) is 8.99. The molecule has 2 aromatic rings. The van der Waals surface area contributed by atoms with Crippen molar-refractivity contribution in [3.8, 4) is 5.75 Å². The van der Waals surface area contributed by atoms with E-state index in [2.05, 4.69) is 5.32 Å². The van der Waals surface area contributed by atoms with Crippen LogP contribution in [0.1, 0.15) is 54.2 Å². The SMILES string of the molecule is CC[C@@H](N[C@H](C)CC(N)=O)c1ccc(OC)c(C(=O)c2cccc(F)c2)c1F. The molecule has 0 radical (unpaired) electrons. The summed E-state index contributed by atoms with van der Waals surface area (Å²) in [6, 6.07) is 7.39. The lowest BCUT2D eigenvalue weighted by molar-refractivity contribution is -0.118. The molecule has 0 saturated carbocycles. The second kappa shape index (κ2) is 9.41. The van der Waals surface area contributed by atoms with E-state index in [4.69, 9.17) is 10.5 Å². The van der Waals surface area contributed by atoms with Gasteiger partial charge in [-0.25, -0.2) is 8.78 Å². The summed E-state index contributed by atoms with van der Waals surface area (Å²) in [6.45, 7) is 3.63. The average Bonchev–Trinajstić information content (AvgIpc) is 2.65. The normalized spacial score (nSPS) is 13.0. The number of methoxy groups -OCH3 is 1. The van der Waals surface area contributed by atoms with Gasteiger partial charge >= 0.3 is 0 Å². The Balaban J connectivity index is 2.46. The molecule has 0 fully saturated rings.